The van der Waals surface area contributed by atoms with Crippen LogP contribution in [0.25, 0.3) is 0 Å². The fraction of sp³-hybridized carbons (Fsp3) is 0.562. The Bertz CT molecular complexity index is 387. The average molecular weight is 247 g/mol. The second kappa shape index (κ2) is 6.14. The molecule has 0 fully saturated rings. The van der Waals surface area contributed by atoms with Crippen molar-refractivity contribution >= 4 is 5.78 Å². The van der Waals surface area contributed by atoms with E-state index in [0.717, 1.165) is 18.5 Å². The second-order valence-electron chi connectivity index (χ2n) is 6.21. The monoisotopic (exact) mass is 247 g/mol. The molecule has 2 nitrogen and oxygen atoms in total. The first kappa shape index (κ1) is 14.9. The van der Waals surface area contributed by atoms with Crippen molar-refractivity contribution in [2.75, 3.05) is 20.1 Å². The minimum atomic E-state index is 0.199. The van der Waals surface area contributed by atoms with Gasteiger partial charge >= 0.3 is 0 Å². The molecule has 1 rings (SSSR count). The van der Waals surface area contributed by atoms with Gasteiger partial charge in [0.1, 0.15) is 0 Å². The smallest absolute Gasteiger partial charge is 0.176 e. The molecule has 0 bridgehead atoms. The average Bonchev–Trinajstić information content (AvgIpc) is 2.26. The van der Waals surface area contributed by atoms with E-state index in [2.05, 4.69) is 32.6 Å². The third-order valence-electron chi connectivity index (χ3n) is 2.84. The summed E-state index contributed by atoms with van der Waals surface area (Å²) in [5.74, 6) is 0.199. The summed E-state index contributed by atoms with van der Waals surface area (Å²) in [5.41, 5.74) is 2.31. The fourth-order valence-electron chi connectivity index (χ4n) is 2.13. The van der Waals surface area contributed by atoms with Gasteiger partial charge in [0.15, 0.2) is 5.78 Å². The van der Waals surface area contributed by atoms with Crippen LogP contribution in [0.1, 0.15) is 43.6 Å². The third kappa shape index (κ3) is 5.01. The van der Waals surface area contributed by atoms with E-state index in [1.807, 2.05) is 31.3 Å². The zero-order chi connectivity index (χ0) is 13.8. The number of carbonyl (C=O) groups is 1. The Morgan fingerprint density at radius 1 is 1.17 bits per heavy atom. The number of aryl methyl sites for hydroxylation is 1. The quantitative estimate of drug-likeness (QED) is 0.743. The van der Waals surface area contributed by atoms with Crippen LogP contribution in [0.3, 0.4) is 0 Å². The van der Waals surface area contributed by atoms with Crippen LogP contribution in [0.15, 0.2) is 24.3 Å². The lowest BCUT2D eigenvalue weighted by Crippen LogP contribution is -2.33. The molecule has 18 heavy (non-hydrogen) atoms. The molecule has 0 N–H and O–H groups in total. The van der Waals surface area contributed by atoms with Gasteiger partial charge in [-0.1, -0.05) is 52.0 Å². The summed E-state index contributed by atoms with van der Waals surface area (Å²) in [7, 11) is 2.00. The van der Waals surface area contributed by atoms with E-state index in [0.29, 0.717) is 6.54 Å². The summed E-state index contributed by atoms with van der Waals surface area (Å²) in [5, 5.41) is 0. The summed E-state index contributed by atoms with van der Waals surface area (Å²) >= 11 is 0. The summed E-state index contributed by atoms with van der Waals surface area (Å²) in [4.78, 5) is 14.2. The standard InChI is InChI=1S/C16H25NO/c1-6-13-7-9-14(10-8-13)15(18)11-17(5)12-16(2,3)4/h7-10H,6,11-12H2,1-5H3. The van der Waals surface area contributed by atoms with Gasteiger partial charge in [-0.15, -0.1) is 0 Å². The lowest BCUT2D eigenvalue weighted by atomic mass is 9.96. The first-order valence-electron chi connectivity index (χ1n) is 6.62. The fourth-order valence-corrected chi connectivity index (χ4v) is 2.13. The highest BCUT2D eigenvalue weighted by Gasteiger charge is 2.16. The van der Waals surface area contributed by atoms with Crippen molar-refractivity contribution < 1.29 is 4.79 Å². The summed E-state index contributed by atoms with van der Waals surface area (Å²) in [6.07, 6.45) is 1.01. The van der Waals surface area contributed by atoms with Gasteiger partial charge in [-0.2, -0.15) is 0 Å². The molecule has 2 heteroatoms. The van der Waals surface area contributed by atoms with Gasteiger partial charge in [0.25, 0.3) is 0 Å². The number of hydrogen-bond acceptors (Lipinski definition) is 2. The van der Waals surface area contributed by atoms with Crippen LogP contribution < -0.4 is 0 Å². The van der Waals surface area contributed by atoms with Crippen LogP contribution in [0, 0.1) is 5.41 Å². The molecule has 0 saturated carbocycles. The lowest BCUT2D eigenvalue weighted by Gasteiger charge is -2.25. The van der Waals surface area contributed by atoms with Crippen molar-refractivity contribution in [3.63, 3.8) is 0 Å². The number of benzene rings is 1. The molecule has 0 heterocycles. The minimum absolute atomic E-state index is 0.199. The predicted octanol–water partition coefficient (Wildman–Crippen LogP) is 3.41. The number of likely N-dealkylation sites (N-methyl/N-ethyl adjacent to an activating group) is 1. The highest BCUT2D eigenvalue weighted by Crippen LogP contribution is 2.14. The van der Waals surface area contributed by atoms with Crippen molar-refractivity contribution in [2.45, 2.75) is 34.1 Å². The molecule has 0 spiro atoms. The van der Waals surface area contributed by atoms with Gasteiger partial charge in [0, 0.05) is 12.1 Å². The van der Waals surface area contributed by atoms with Gasteiger partial charge in [-0.25, -0.2) is 0 Å². The van der Waals surface area contributed by atoms with E-state index in [4.69, 9.17) is 0 Å². The first-order valence-corrected chi connectivity index (χ1v) is 6.62. The van der Waals surface area contributed by atoms with Crippen molar-refractivity contribution in [1.82, 2.24) is 4.90 Å². The third-order valence-corrected chi connectivity index (χ3v) is 2.84. The lowest BCUT2D eigenvalue weighted by molar-refractivity contribution is 0.0927. The van der Waals surface area contributed by atoms with Gasteiger partial charge in [-0.05, 0) is 24.4 Å². The molecule has 0 saturated heterocycles. The summed E-state index contributed by atoms with van der Waals surface area (Å²) in [6.45, 7) is 10.1. The molecule has 1 aromatic carbocycles. The highest BCUT2D eigenvalue weighted by atomic mass is 16.1. The van der Waals surface area contributed by atoms with Crippen molar-refractivity contribution in [1.29, 1.82) is 0 Å². The van der Waals surface area contributed by atoms with Crippen LogP contribution in [-0.4, -0.2) is 30.8 Å². The Morgan fingerprint density at radius 2 is 1.72 bits per heavy atom. The van der Waals surface area contributed by atoms with E-state index in [-0.39, 0.29) is 11.2 Å². The van der Waals surface area contributed by atoms with Crippen molar-refractivity contribution in [2.24, 2.45) is 5.41 Å². The molecule has 100 valence electrons. The van der Waals surface area contributed by atoms with E-state index in [1.54, 1.807) is 0 Å². The maximum atomic E-state index is 12.1. The van der Waals surface area contributed by atoms with Crippen LogP contribution >= 0.6 is 0 Å². The molecule has 0 unspecified atom stereocenters. The predicted molar refractivity (Wildman–Crippen MR) is 77.1 cm³/mol. The van der Waals surface area contributed by atoms with Gasteiger partial charge in [0.2, 0.25) is 0 Å². The molecular weight excluding hydrogens is 222 g/mol. The SMILES string of the molecule is CCc1ccc(C(=O)CN(C)CC(C)(C)C)cc1. The van der Waals surface area contributed by atoms with Crippen molar-refractivity contribution in [3.05, 3.63) is 35.4 Å². The summed E-state index contributed by atoms with van der Waals surface area (Å²) in [6, 6.07) is 7.95. The van der Waals surface area contributed by atoms with Gasteiger partial charge in [0.05, 0.1) is 6.54 Å². The van der Waals surface area contributed by atoms with Crippen LogP contribution in [0.5, 0.6) is 0 Å². The highest BCUT2D eigenvalue weighted by molar-refractivity contribution is 5.97. The van der Waals surface area contributed by atoms with Crippen molar-refractivity contribution in [3.8, 4) is 0 Å². The largest absolute Gasteiger partial charge is 0.298 e. The number of Topliss-reactive ketones (excluding diaryl/α,β-unsaturated/α-hetero) is 1. The van der Waals surface area contributed by atoms with Crippen LogP contribution in [0.2, 0.25) is 0 Å². The molecule has 1 aromatic rings. The Hall–Kier alpha value is -1.15. The molecule has 0 amide bonds. The zero-order valence-electron chi connectivity index (χ0n) is 12.3. The Balaban J connectivity index is 2.59. The number of nitrogens with zero attached hydrogens (tertiary/aromatic N) is 1. The van der Waals surface area contributed by atoms with Crippen LogP contribution in [0.4, 0.5) is 0 Å². The van der Waals surface area contributed by atoms with Gasteiger partial charge in [-0.3, -0.25) is 9.69 Å². The minimum Gasteiger partial charge on any atom is -0.298 e. The normalized spacial score (nSPS) is 11.9. The Labute approximate surface area is 111 Å². The van der Waals surface area contributed by atoms with Crippen LogP contribution in [-0.2, 0) is 6.42 Å². The topological polar surface area (TPSA) is 20.3 Å². The Kier molecular flexibility index (Phi) is 5.09. The number of hydrogen-bond donors (Lipinski definition) is 0. The molecule has 0 aliphatic rings. The van der Waals surface area contributed by atoms with Gasteiger partial charge < -0.3 is 0 Å². The number of carbonyl (C=O) groups excluding carboxylic acids is 1. The molecule has 0 atom stereocenters. The van der Waals surface area contributed by atoms with E-state index in [9.17, 15) is 4.79 Å². The van der Waals surface area contributed by atoms with E-state index in [1.165, 1.54) is 5.56 Å². The molecule has 0 aliphatic heterocycles. The zero-order valence-corrected chi connectivity index (χ0v) is 12.3. The second-order valence-corrected chi connectivity index (χ2v) is 6.21. The number of rotatable bonds is 5. The maximum Gasteiger partial charge on any atom is 0.176 e. The summed E-state index contributed by atoms with van der Waals surface area (Å²) < 4.78 is 0. The Morgan fingerprint density at radius 3 is 2.17 bits per heavy atom. The first-order chi connectivity index (χ1) is 8.31. The van der Waals surface area contributed by atoms with E-state index < -0.39 is 0 Å². The maximum absolute atomic E-state index is 12.1. The molecule has 0 aliphatic carbocycles. The van der Waals surface area contributed by atoms with E-state index >= 15 is 0 Å². The molecule has 0 aromatic heterocycles. The molecule has 0 radical (unpaired) electrons. The number of ketones is 1. The molecular formula is C16H25NO.